The average Bonchev–Trinajstić information content (AvgIpc) is 2.49. The molecule has 0 spiro atoms. The van der Waals surface area contributed by atoms with Gasteiger partial charge < -0.3 is 4.74 Å². The van der Waals surface area contributed by atoms with Crippen LogP contribution in [0.15, 0.2) is 0 Å². The molecule has 0 N–H and O–H groups in total. The third-order valence-corrected chi connectivity index (χ3v) is 2.58. The number of hydrogen-bond acceptors (Lipinski definition) is 3. The van der Waals surface area contributed by atoms with Gasteiger partial charge in [-0.15, -0.1) is 0 Å². The van der Waals surface area contributed by atoms with E-state index < -0.39 is 0 Å². The Morgan fingerprint density at radius 1 is 1.36 bits per heavy atom. The molecule has 1 atom stereocenters. The Hall–Kier alpha value is -0.570. The Kier molecular flexibility index (Phi) is 3.93. The molecule has 14 heavy (non-hydrogen) atoms. The number of esters is 1. The zero-order chi connectivity index (χ0) is 10.7. The lowest BCUT2D eigenvalue weighted by Gasteiger charge is -2.27. The largest absolute Gasteiger partial charge is 0.462 e. The normalized spacial score (nSPS) is 23.4. The number of carbonyl (C=O) groups is 1. The standard InChI is InChI=1S/C11H21NO2/c1-8(2)12-7-5-6-10(12)11(13)14-9(3)4/h8-10H,5-7H2,1-4H3/t10-/m1/s1. The highest BCUT2D eigenvalue weighted by Gasteiger charge is 2.33. The average molecular weight is 199 g/mol. The third kappa shape index (κ3) is 2.71. The summed E-state index contributed by atoms with van der Waals surface area (Å²) in [5, 5.41) is 0. The van der Waals surface area contributed by atoms with Gasteiger partial charge in [-0.25, -0.2) is 0 Å². The molecule has 1 rings (SSSR count). The second kappa shape index (κ2) is 4.78. The maximum absolute atomic E-state index is 11.7. The number of rotatable bonds is 3. The van der Waals surface area contributed by atoms with Gasteiger partial charge in [0, 0.05) is 6.04 Å². The van der Waals surface area contributed by atoms with Gasteiger partial charge in [-0.05, 0) is 47.1 Å². The van der Waals surface area contributed by atoms with Crippen LogP contribution in [-0.2, 0) is 9.53 Å². The summed E-state index contributed by atoms with van der Waals surface area (Å²) in [4.78, 5) is 13.9. The van der Waals surface area contributed by atoms with E-state index in [1.807, 2.05) is 13.8 Å². The van der Waals surface area contributed by atoms with Crippen LogP contribution in [0, 0.1) is 0 Å². The lowest BCUT2D eigenvalue weighted by atomic mass is 10.2. The van der Waals surface area contributed by atoms with Gasteiger partial charge in [-0.3, -0.25) is 9.69 Å². The maximum atomic E-state index is 11.7. The summed E-state index contributed by atoms with van der Waals surface area (Å²) < 4.78 is 5.23. The molecule has 3 nitrogen and oxygen atoms in total. The molecule has 0 aliphatic carbocycles. The first-order valence-electron chi connectivity index (χ1n) is 5.48. The zero-order valence-corrected chi connectivity index (χ0v) is 9.62. The van der Waals surface area contributed by atoms with Crippen molar-refractivity contribution in [2.45, 2.75) is 58.7 Å². The number of ether oxygens (including phenoxy) is 1. The van der Waals surface area contributed by atoms with Crippen LogP contribution in [0.2, 0.25) is 0 Å². The minimum atomic E-state index is -0.0498. The van der Waals surface area contributed by atoms with Gasteiger partial charge >= 0.3 is 5.97 Å². The fourth-order valence-electron chi connectivity index (χ4n) is 1.97. The van der Waals surface area contributed by atoms with E-state index in [1.165, 1.54) is 0 Å². The van der Waals surface area contributed by atoms with E-state index in [2.05, 4.69) is 18.7 Å². The summed E-state index contributed by atoms with van der Waals surface area (Å²) in [5.74, 6) is -0.0498. The molecule has 0 aromatic rings. The summed E-state index contributed by atoms with van der Waals surface area (Å²) in [7, 11) is 0. The molecule has 0 unspecified atom stereocenters. The van der Waals surface area contributed by atoms with Crippen LogP contribution in [0.5, 0.6) is 0 Å². The van der Waals surface area contributed by atoms with Crippen LogP contribution in [0.25, 0.3) is 0 Å². The van der Waals surface area contributed by atoms with Gasteiger partial charge in [0.1, 0.15) is 6.04 Å². The molecule has 82 valence electrons. The molecule has 3 heteroatoms. The maximum Gasteiger partial charge on any atom is 0.323 e. The first kappa shape index (κ1) is 11.5. The van der Waals surface area contributed by atoms with Crippen molar-refractivity contribution >= 4 is 5.97 Å². The van der Waals surface area contributed by atoms with Crippen LogP contribution in [-0.4, -0.2) is 35.6 Å². The van der Waals surface area contributed by atoms with Gasteiger partial charge in [0.2, 0.25) is 0 Å². The lowest BCUT2D eigenvalue weighted by Crippen LogP contribution is -2.42. The summed E-state index contributed by atoms with van der Waals surface area (Å²) >= 11 is 0. The molecule has 1 saturated heterocycles. The summed E-state index contributed by atoms with van der Waals surface area (Å²) in [6.45, 7) is 9.07. The number of carbonyl (C=O) groups excluding carboxylic acids is 1. The summed E-state index contributed by atoms with van der Waals surface area (Å²) in [6.07, 6.45) is 2.05. The molecule has 1 aliphatic heterocycles. The van der Waals surface area contributed by atoms with E-state index in [4.69, 9.17) is 4.74 Å². The van der Waals surface area contributed by atoms with Crippen molar-refractivity contribution in [2.24, 2.45) is 0 Å². The van der Waals surface area contributed by atoms with E-state index in [-0.39, 0.29) is 18.1 Å². The van der Waals surface area contributed by atoms with E-state index in [0.717, 1.165) is 19.4 Å². The van der Waals surface area contributed by atoms with Crippen molar-refractivity contribution in [2.75, 3.05) is 6.54 Å². The van der Waals surface area contributed by atoms with Crippen LogP contribution >= 0.6 is 0 Å². The summed E-state index contributed by atoms with van der Waals surface area (Å²) in [6, 6.07) is 0.430. The van der Waals surface area contributed by atoms with Gasteiger partial charge in [0.15, 0.2) is 0 Å². The van der Waals surface area contributed by atoms with Gasteiger partial charge in [-0.1, -0.05) is 0 Å². The quantitative estimate of drug-likeness (QED) is 0.649. The van der Waals surface area contributed by atoms with Gasteiger partial charge in [0.25, 0.3) is 0 Å². The Morgan fingerprint density at radius 3 is 2.50 bits per heavy atom. The number of hydrogen-bond donors (Lipinski definition) is 0. The Balaban J connectivity index is 2.53. The SMILES string of the molecule is CC(C)OC(=O)[C@H]1CCCN1C(C)C. The Bertz CT molecular complexity index is 201. The van der Waals surface area contributed by atoms with Crippen molar-refractivity contribution in [1.82, 2.24) is 4.90 Å². The second-order valence-corrected chi connectivity index (χ2v) is 4.48. The van der Waals surface area contributed by atoms with Crippen molar-refractivity contribution < 1.29 is 9.53 Å². The highest BCUT2D eigenvalue weighted by Crippen LogP contribution is 2.21. The molecule has 0 aromatic carbocycles. The summed E-state index contributed by atoms with van der Waals surface area (Å²) in [5.41, 5.74) is 0. The Morgan fingerprint density at radius 2 is 2.00 bits per heavy atom. The zero-order valence-electron chi connectivity index (χ0n) is 9.62. The van der Waals surface area contributed by atoms with E-state index in [0.29, 0.717) is 6.04 Å². The predicted octanol–water partition coefficient (Wildman–Crippen LogP) is 1.81. The second-order valence-electron chi connectivity index (χ2n) is 4.48. The first-order valence-corrected chi connectivity index (χ1v) is 5.48. The van der Waals surface area contributed by atoms with Crippen molar-refractivity contribution in [3.63, 3.8) is 0 Å². The molecule has 0 bridgehead atoms. The van der Waals surface area contributed by atoms with Gasteiger partial charge in [0.05, 0.1) is 6.10 Å². The number of nitrogens with zero attached hydrogens (tertiary/aromatic N) is 1. The minimum Gasteiger partial charge on any atom is -0.462 e. The predicted molar refractivity (Wildman–Crippen MR) is 56.1 cm³/mol. The molecule has 0 saturated carbocycles. The fraction of sp³-hybridized carbons (Fsp3) is 0.909. The topological polar surface area (TPSA) is 29.5 Å². The minimum absolute atomic E-state index is 0.00241. The molecule has 0 aromatic heterocycles. The van der Waals surface area contributed by atoms with Crippen molar-refractivity contribution in [3.05, 3.63) is 0 Å². The van der Waals surface area contributed by atoms with E-state index in [1.54, 1.807) is 0 Å². The van der Waals surface area contributed by atoms with Crippen LogP contribution < -0.4 is 0 Å². The smallest absolute Gasteiger partial charge is 0.323 e. The van der Waals surface area contributed by atoms with E-state index in [9.17, 15) is 4.79 Å². The molecular formula is C11H21NO2. The molecule has 1 aliphatic rings. The fourth-order valence-corrected chi connectivity index (χ4v) is 1.97. The molecular weight excluding hydrogens is 178 g/mol. The van der Waals surface area contributed by atoms with Crippen LogP contribution in [0.4, 0.5) is 0 Å². The van der Waals surface area contributed by atoms with Crippen LogP contribution in [0.1, 0.15) is 40.5 Å². The molecule has 1 fully saturated rings. The highest BCUT2D eigenvalue weighted by atomic mass is 16.5. The monoisotopic (exact) mass is 199 g/mol. The van der Waals surface area contributed by atoms with Crippen LogP contribution in [0.3, 0.4) is 0 Å². The van der Waals surface area contributed by atoms with Crippen molar-refractivity contribution in [1.29, 1.82) is 0 Å². The van der Waals surface area contributed by atoms with Crippen molar-refractivity contribution in [3.8, 4) is 0 Å². The van der Waals surface area contributed by atoms with E-state index >= 15 is 0 Å². The third-order valence-electron chi connectivity index (χ3n) is 2.58. The lowest BCUT2D eigenvalue weighted by molar-refractivity contribution is -0.153. The molecule has 0 radical (unpaired) electrons. The Labute approximate surface area is 86.4 Å². The molecule has 0 amide bonds. The molecule has 1 heterocycles. The first-order chi connectivity index (χ1) is 6.52. The number of likely N-dealkylation sites (tertiary alicyclic amines) is 1. The van der Waals surface area contributed by atoms with Gasteiger partial charge in [-0.2, -0.15) is 0 Å². The highest BCUT2D eigenvalue weighted by molar-refractivity contribution is 5.76.